The first-order valence-corrected chi connectivity index (χ1v) is 6.98. The SMILES string of the molecule is N#CC(=Cc1cc(F)ccc1F)C(=O)NC1CCCCC1. The van der Waals surface area contributed by atoms with Gasteiger partial charge in [0.25, 0.3) is 5.91 Å². The molecule has 1 saturated carbocycles. The summed E-state index contributed by atoms with van der Waals surface area (Å²) in [5.74, 6) is -1.82. The number of halogens is 2. The fraction of sp³-hybridized carbons (Fsp3) is 0.375. The number of hydrogen-bond acceptors (Lipinski definition) is 2. The summed E-state index contributed by atoms with van der Waals surface area (Å²) in [6.07, 6.45) is 6.11. The third-order valence-corrected chi connectivity index (χ3v) is 3.56. The Balaban J connectivity index is 2.14. The van der Waals surface area contributed by atoms with E-state index in [0.717, 1.165) is 56.4 Å². The number of nitrogens with zero attached hydrogens (tertiary/aromatic N) is 1. The Labute approximate surface area is 122 Å². The van der Waals surface area contributed by atoms with Crippen LogP contribution in [0.15, 0.2) is 23.8 Å². The van der Waals surface area contributed by atoms with Gasteiger partial charge in [-0.05, 0) is 37.1 Å². The molecular formula is C16H16F2N2O. The smallest absolute Gasteiger partial charge is 0.262 e. The van der Waals surface area contributed by atoms with Crippen molar-refractivity contribution >= 4 is 12.0 Å². The fourth-order valence-electron chi connectivity index (χ4n) is 2.44. The average molecular weight is 290 g/mol. The first-order chi connectivity index (χ1) is 10.1. The number of hydrogen-bond donors (Lipinski definition) is 1. The zero-order chi connectivity index (χ0) is 15.2. The molecule has 0 unspecified atom stereocenters. The van der Waals surface area contributed by atoms with Crippen molar-refractivity contribution in [2.75, 3.05) is 0 Å². The highest BCUT2D eigenvalue weighted by Gasteiger charge is 2.18. The van der Waals surface area contributed by atoms with E-state index < -0.39 is 17.5 Å². The van der Waals surface area contributed by atoms with Crippen LogP contribution in [0.2, 0.25) is 0 Å². The van der Waals surface area contributed by atoms with Crippen LogP contribution in [0.5, 0.6) is 0 Å². The van der Waals surface area contributed by atoms with Crippen LogP contribution in [-0.4, -0.2) is 11.9 Å². The van der Waals surface area contributed by atoms with Crippen LogP contribution >= 0.6 is 0 Å². The van der Waals surface area contributed by atoms with Crippen molar-refractivity contribution in [3.8, 4) is 6.07 Å². The maximum Gasteiger partial charge on any atom is 0.262 e. The van der Waals surface area contributed by atoms with Crippen LogP contribution in [0, 0.1) is 23.0 Å². The lowest BCUT2D eigenvalue weighted by atomic mass is 9.95. The van der Waals surface area contributed by atoms with Crippen molar-refractivity contribution < 1.29 is 13.6 Å². The lowest BCUT2D eigenvalue weighted by Crippen LogP contribution is -2.36. The van der Waals surface area contributed by atoms with Crippen LogP contribution in [0.3, 0.4) is 0 Å². The molecule has 0 heterocycles. The van der Waals surface area contributed by atoms with Gasteiger partial charge in [-0.2, -0.15) is 5.26 Å². The summed E-state index contributed by atoms with van der Waals surface area (Å²) in [6.45, 7) is 0. The van der Waals surface area contributed by atoms with Gasteiger partial charge in [0.2, 0.25) is 0 Å². The van der Waals surface area contributed by atoms with E-state index in [1.54, 1.807) is 6.07 Å². The van der Waals surface area contributed by atoms with Crippen molar-refractivity contribution in [2.24, 2.45) is 0 Å². The normalized spacial score (nSPS) is 16.3. The second kappa shape index (κ2) is 6.98. The Morgan fingerprint density at radius 2 is 2.00 bits per heavy atom. The van der Waals surface area contributed by atoms with Crippen LogP contribution in [0.25, 0.3) is 6.08 Å². The maximum absolute atomic E-state index is 13.5. The Kier molecular flexibility index (Phi) is 5.04. The van der Waals surface area contributed by atoms with Gasteiger partial charge in [-0.1, -0.05) is 19.3 Å². The van der Waals surface area contributed by atoms with Gasteiger partial charge in [0.1, 0.15) is 23.3 Å². The van der Waals surface area contributed by atoms with E-state index in [4.69, 9.17) is 5.26 Å². The maximum atomic E-state index is 13.5. The van der Waals surface area contributed by atoms with Crippen molar-refractivity contribution in [3.63, 3.8) is 0 Å². The van der Waals surface area contributed by atoms with Gasteiger partial charge in [0.15, 0.2) is 0 Å². The van der Waals surface area contributed by atoms with Crippen molar-refractivity contribution in [1.29, 1.82) is 5.26 Å². The molecule has 21 heavy (non-hydrogen) atoms. The van der Waals surface area contributed by atoms with Gasteiger partial charge < -0.3 is 5.32 Å². The first-order valence-electron chi connectivity index (χ1n) is 6.98. The summed E-state index contributed by atoms with van der Waals surface area (Å²) in [4.78, 5) is 12.0. The van der Waals surface area contributed by atoms with E-state index in [0.29, 0.717) is 0 Å². The van der Waals surface area contributed by atoms with E-state index in [1.165, 1.54) is 0 Å². The summed E-state index contributed by atoms with van der Waals surface area (Å²) in [6, 6.07) is 4.72. The highest BCUT2D eigenvalue weighted by molar-refractivity contribution is 6.01. The number of nitriles is 1. The molecule has 0 aliphatic heterocycles. The highest BCUT2D eigenvalue weighted by Crippen LogP contribution is 2.18. The minimum Gasteiger partial charge on any atom is -0.349 e. The van der Waals surface area contributed by atoms with E-state index in [9.17, 15) is 13.6 Å². The topological polar surface area (TPSA) is 52.9 Å². The molecule has 110 valence electrons. The molecule has 3 nitrogen and oxygen atoms in total. The lowest BCUT2D eigenvalue weighted by Gasteiger charge is -2.22. The van der Waals surface area contributed by atoms with Crippen molar-refractivity contribution in [3.05, 3.63) is 41.0 Å². The molecule has 1 N–H and O–H groups in total. The number of carbonyl (C=O) groups is 1. The predicted molar refractivity (Wildman–Crippen MR) is 75.0 cm³/mol. The summed E-state index contributed by atoms with van der Waals surface area (Å²) in [5, 5.41) is 11.8. The number of carbonyl (C=O) groups excluding carboxylic acids is 1. The average Bonchev–Trinajstić information content (AvgIpc) is 2.49. The summed E-state index contributed by atoms with van der Waals surface area (Å²) in [5.41, 5.74) is -0.324. The molecule has 1 aliphatic carbocycles. The molecule has 0 aromatic heterocycles. The number of amides is 1. The van der Waals surface area contributed by atoms with Gasteiger partial charge in [0, 0.05) is 11.6 Å². The van der Waals surface area contributed by atoms with Crippen LogP contribution in [0.1, 0.15) is 37.7 Å². The molecule has 0 bridgehead atoms. The summed E-state index contributed by atoms with van der Waals surface area (Å²) < 4.78 is 26.6. The largest absolute Gasteiger partial charge is 0.349 e. The fourth-order valence-corrected chi connectivity index (χ4v) is 2.44. The van der Waals surface area contributed by atoms with Gasteiger partial charge in [-0.15, -0.1) is 0 Å². The number of rotatable bonds is 3. The molecule has 2 rings (SSSR count). The van der Waals surface area contributed by atoms with Crippen LogP contribution in [0.4, 0.5) is 8.78 Å². The Morgan fingerprint density at radius 1 is 1.29 bits per heavy atom. The van der Waals surface area contributed by atoms with Crippen LogP contribution in [-0.2, 0) is 4.79 Å². The minimum absolute atomic E-state index is 0.0559. The number of benzene rings is 1. The second-order valence-corrected chi connectivity index (χ2v) is 5.14. The zero-order valence-corrected chi connectivity index (χ0v) is 11.5. The summed E-state index contributed by atoms with van der Waals surface area (Å²) >= 11 is 0. The highest BCUT2D eigenvalue weighted by atomic mass is 19.1. The van der Waals surface area contributed by atoms with E-state index in [1.807, 2.05) is 0 Å². The first kappa shape index (κ1) is 15.2. The quantitative estimate of drug-likeness (QED) is 0.686. The van der Waals surface area contributed by atoms with Crippen molar-refractivity contribution in [2.45, 2.75) is 38.1 Å². The van der Waals surface area contributed by atoms with E-state index >= 15 is 0 Å². The van der Waals surface area contributed by atoms with Gasteiger partial charge >= 0.3 is 0 Å². The van der Waals surface area contributed by atoms with Crippen LogP contribution < -0.4 is 5.32 Å². The van der Waals surface area contributed by atoms with E-state index in [2.05, 4.69) is 5.32 Å². The molecule has 5 heteroatoms. The van der Waals surface area contributed by atoms with Gasteiger partial charge in [-0.25, -0.2) is 8.78 Å². The van der Waals surface area contributed by atoms with E-state index in [-0.39, 0.29) is 17.2 Å². The van der Waals surface area contributed by atoms with Crippen molar-refractivity contribution in [1.82, 2.24) is 5.32 Å². The number of nitrogens with one attached hydrogen (secondary N) is 1. The monoisotopic (exact) mass is 290 g/mol. The third-order valence-electron chi connectivity index (χ3n) is 3.56. The Hall–Kier alpha value is -2.22. The summed E-state index contributed by atoms with van der Waals surface area (Å²) in [7, 11) is 0. The molecule has 0 radical (unpaired) electrons. The Bertz CT molecular complexity index is 599. The molecule has 0 atom stereocenters. The molecule has 0 spiro atoms. The van der Waals surface area contributed by atoms with Gasteiger partial charge in [-0.3, -0.25) is 4.79 Å². The molecule has 1 aromatic rings. The molecular weight excluding hydrogens is 274 g/mol. The Morgan fingerprint density at radius 3 is 2.67 bits per heavy atom. The zero-order valence-electron chi connectivity index (χ0n) is 11.5. The minimum atomic E-state index is -0.672. The molecule has 1 aromatic carbocycles. The third kappa shape index (κ3) is 4.12. The standard InChI is InChI=1S/C16H16F2N2O/c17-13-6-7-15(18)11(9-13)8-12(10-19)16(21)20-14-4-2-1-3-5-14/h6-9,14H,1-5H2,(H,20,21). The van der Waals surface area contributed by atoms with Gasteiger partial charge in [0.05, 0.1) is 0 Å². The molecule has 1 fully saturated rings. The molecule has 1 aliphatic rings. The predicted octanol–water partition coefficient (Wildman–Crippen LogP) is 3.32. The molecule has 0 saturated heterocycles. The molecule has 1 amide bonds. The second-order valence-electron chi connectivity index (χ2n) is 5.14. The lowest BCUT2D eigenvalue weighted by molar-refractivity contribution is -0.117.